The normalized spacial score (nSPS) is 13.2. The Balaban J connectivity index is 1.24. The molecule has 0 radical (unpaired) electrons. The first-order valence-corrected chi connectivity index (χ1v) is 20.4. The van der Waals surface area contributed by atoms with Gasteiger partial charge in [-0.2, -0.15) is 11.8 Å². The van der Waals surface area contributed by atoms with Gasteiger partial charge in [-0.15, -0.1) is 0 Å². The lowest BCUT2D eigenvalue weighted by atomic mass is 9.83. The molecule has 1 aliphatic heterocycles. The van der Waals surface area contributed by atoms with Crippen molar-refractivity contribution in [2.24, 2.45) is 11.1 Å². The number of nitrogens with zero attached hydrogens (tertiary/aromatic N) is 3. The Morgan fingerprint density at radius 2 is 1.55 bits per heavy atom. The van der Waals surface area contributed by atoms with Crippen LogP contribution in [0.25, 0.3) is 11.1 Å². The molecule has 1 aromatic heterocycles. The van der Waals surface area contributed by atoms with E-state index in [2.05, 4.69) is 10.6 Å². The molecule has 314 valence electrons. The standard InChI is InChI=1S/C42H54F2N6O7S/c1-42(2,3)41(35-24-31(33-25-32(43)10-11-34(33)44)27-48(35)26-30-8-5-4-6-9-30)49(18-7-15-45)40(55)29-58-23-14-36(51)46-16-19-56-21-22-57-20-17-47-37(52)28-50-38(53)12-13-39(50)54/h4-6,8-13,24-25,27,41H,7,14-23,26,28-29,45H2,1-3H3,(H,46,51)(H,47,52). The van der Waals surface area contributed by atoms with Crippen LogP contribution in [0.4, 0.5) is 8.78 Å². The van der Waals surface area contributed by atoms with Crippen LogP contribution in [0.3, 0.4) is 0 Å². The molecule has 4 N–H and O–H groups in total. The summed E-state index contributed by atoms with van der Waals surface area (Å²) < 4.78 is 42.3. The maximum absolute atomic E-state index is 15.1. The van der Waals surface area contributed by atoms with Crippen molar-refractivity contribution >= 4 is 41.3 Å². The molecule has 13 nitrogen and oxygen atoms in total. The Morgan fingerprint density at radius 1 is 0.897 bits per heavy atom. The quantitative estimate of drug-likeness (QED) is 0.0893. The van der Waals surface area contributed by atoms with Crippen molar-refractivity contribution in [2.75, 3.05) is 70.7 Å². The number of nitrogens with two attached hydrogens (primary N) is 1. The SMILES string of the molecule is CC(C)(C)C(c1cc(-c2cc(F)ccc2F)cn1Cc1ccccc1)N(CCCN)C(=O)CSCCC(=O)NCCOCCOCCNC(=O)CN1C(=O)C=CC1=O. The van der Waals surface area contributed by atoms with E-state index in [-0.39, 0.29) is 69.1 Å². The van der Waals surface area contributed by atoms with Gasteiger partial charge in [0.25, 0.3) is 11.8 Å². The third-order valence-electron chi connectivity index (χ3n) is 9.11. The number of benzene rings is 2. The Bertz CT molecular complexity index is 1870. The number of imide groups is 1. The number of nitrogens with one attached hydrogen (secondary N) is 2. The molecule has 0 aliphatic carbocycles. The summed E-state index contributed by atoms with van der Waals surface area (Å²) in [5.74, 6) is -2.34. The summed E-state index contributed by atoms with van der Waals surface area (Å²) in [6.45, 7) is 8.55. The Morgan fingerprint density at radius 3 is 2.19 bits per heavy atom. The molecule has 0 fully saturated rings. The summed E-state index contributed by atoms with van der Waals surface area (Å²) in [5.41, 5.74) is 7.91. The summed E-state index contributed by atoms with van der Waals surface area (Å²) >= 11 is 1.36. The number of carbonyl (C=O) groups is 5. The van der Waals surface area contributed by atoms with E-state index in [1.54, 1.807) is 0 Å². The van der Waals surface area contributed by atoms with E-state index in [0.29, 0.717) is 43.9 Å². The van der Waals surface area contributed by atoms with Crippen molar-refractivity contribution in [3.63, 3.8) is 0 Å². The lowest BCUT2D eigenvalue weighted by Gasteiger charge is -2.41. The van der Waals surface area contributed by atoms with Gasteiger partial charge in [-0.3, -0.25) is 28.9 Å². The molecule has 1 aliphatic rings. The molecule has 16 heteroatoms. The van der Waals surface area contributed by atoms with Crippen molar-refractivity contribution in [3.8, 4) is 11.1 Å². The van der Waals surface area contributed by atoms with Crippen molar-refractivity contribution in [3.05, 3.63) is 95.8 Å². The van der Waals surface area contributed by atoms with Crippen LogP contribution in [-0.2, 0) is 40.0 Å². The average molecular weight is 825 g/mol. The van der Waals surface area contributed by atoms with E-state index in [0.717, 1.165) is 40.4 Å². The van der Waals surface area contributed by atoms with Gasteiger partial charge in [0.1, 0.15) is 18.2 Å². The van der Waals surface area contributed by atoms with Crippen molar-refractivity contribution in [1.82, 2.24) is 25.0 Å². The molecule has 3 aromatic rings. The monoisotopic (exact) mass is 824 g/mol. The van der Waals surface area contributed by atoms with Crippen LogP contribution in [-0.4, -0.2) is 115 Å². The Kier molecular flexibility index (Phi) is 18.1. The first-order valence-electron chi connectivity index (χ1n) is 19.3. The number of amides is 5. The molecule has 4 rings (SSSR count). The van der Waals surface area contributed by atoms with Gasteiger partial charge in [0.05, 0.1) is 38.2 Å². The van der Waals surface area contributed by atoms with Crippen molar-refractivity contribution < 1.29 is 42.2 Å². The smallest absolute Gasteiger partial charge is 0.254 e. The minimum Gasteiger partial charge on any atom is -0.377 e. The number of hydrogen-bond donors (Lipinski definition) is 3. The second-order valence-corrected chi connectivity index (χ2v) is 15.8. The zero-order chi connectivity index (χ0) is 42.1. The van der Waals surface area contributed by atoms with E-state index < -0.39 is 40.8 Å². The second kappa shape index (κ2) is 22.9. The first-order chi connectivity index (χ1) is 27.8. The van der Waals surface area contributed by atoms with Crippen LogP contribution in [0.1, 0.15) is 50.9 Å². The van der Waals surface area contributed by atoms with Gasteiger partial charge in [0.15, 0.2) is 0 Å². The van der Waals surface area contributed by atoms with Crippen LogP contribution in [0.2, 0.25) is 0 Å². The van der Waals surface area contributed by atoms with Crippen molar-refractivity contribution in [1.29, 1.82) is 0 Å². The molecule has 2 heterocycles. The predicted molar refractivity (Wildman–Crippen MR) is 218 cm³/mol. The predicted octanol–water partition coefficient (Wildman–Crippen LogP) is 4.06. The van der Waals surface area contributed by atoms with Crippen LogP contribution in [0, 0.1) is 17.0 Å². The summed E-state index contributed by atoms with van der Waals surface area (Å²) in [6.07, 6.45) is 4.82. The van der Waals surface area contributed by atoms with Gasteiger partial charge in [0, 0.05) is 73.5 Å². The molecule has 0 saturated carbocycles. The van der Waals surface area contributed by atoms with Crippen LogP contribution in [0.15, 0.2) is 72.9 Å². The number of ether oxygens (including phenoxy) is 2. The minimum absolute atomic E-state index is 0.115. The van der Waals surface area contributed by atoms with Gasteiger partial charge in [-0.1, -0.05) is 51.1 Å². The fourth-order valence-corrected chi connectivity index (χ4v) is 7.22. The molecule has 0 bridgehead atoms. The molecule has 0 saturated heterocycles. The number of carbonyl (C=O) groups excluding carboxylic acids is 5. The van der Waals surface area contributed by atoms with E-state index >= 15 is 4.39 Å². The number of hydrogen-bond acceptors (Lipinski definition) is 9. The summed E-state index contributed by atoms with van der Waals surface area (Å²) in [4.78, 5) is 64.2. The fraction of sp³-hybridized carbons (Fsp3) is 0.452. The fourth-order valence-electron chi connectivity index (χ4n) is 6.40. The lowest BCUT2D eigenvalue weighted by molar-refractivity contribution is -0.141. The highest BCUT2D eigenvalue weighted by molar-refractivity contribution is 7.99. The van der Waals surface area contributed by atoms with Gasteiger partial charge < -0.3 is 35.3 Å². The third kappa shape index (κ3) is 14.2. The molecule has 5 amide bonds. The van der Waals surface area contributed by atoms with Gasteiger partial charge in [0.2, 0.25) is 17.7 Å². The highest BCUT2D eigenvalue weighted by Crippen LogP contribution is 2.41. The zero-order valence-corrected chi connectivity index (χ0v) is 34.2. The average Bonchev–Trinajstić information content (AvgIpc) is 3.73. The highest BCUT2D eigenvalue weighted by Gasteiger charge is 2.37. The molecular weight excluding hydrogens is 771 g/mol. The number of rotatable bonds is 24. The Labute approximate surface area is 342 Å². The highest BCUT2D eigenvalue weighted by atomic mass is 32.2. The van der Waals surface area contributed by atoms with Crippen LogP contribution >= 0.6 is 11.8 Å². The summed E-state index contributed by atoms with van der Waals surface area (Å²) in [7, 11) is 0. The van der Waals surface area contributed by atoms with Crippen LogP contribution < -0.4 is 16.4 Å². The molecular formula is C42H54F2N6O7S. The number of halogens is 2. The summed E-state index contributed by atoms with van der Waals surface area (Å²) in [6, 6.07) is 14.6. The molecule has 1 unspecified atom stereocenters. The summed E-state index contributed by atoms with van der Waals surface area (Å²) in [5, 5.41) is 5.38. The van der Waals surface area contributed by atoms with E-state index in [1.807, 2.05) is 72.8 Å². The maximum atomic E-state index is 15.1. The van der Waals surface area contributed by atoms with Gasteiger partial charge in [-0.25, -0.2) is 8.78 Å². The van der Waals surface area contributed by atoms with Crippen LogP contribution in [0.5, 0.6) is 0 Å². The minimum atomic E-state index is -0.548. The third-order valence-corrected chi connectivity index (χ3v) is 10.1. The second-order valence-electron chi connectivity index (χ2n) is 14.7. The molecule has 2 aromatic carbocycles. The topological polar surface area (TPSA) is 165 Å². The zero-order valence-electron chi connectivity index (χ0n) is 33.3. The van der Waals surface area contributed by atoms with E-state index in [1.165, 1.54) is 17.8 Å². The molecule has 58 heavy (non-hydrogen) atoms. The largest absolute Gasteiger partial charge is 0.377 e. The Hall–Kier alpha value is -4.90. The van der Waals surface area contributed by atoms with E-state index in [9.17, 15) is 28.4 Å². The molecule has 0 spiro atoms. The first kappa shape index (κ1) is 45.8. The number of aromatic nitrogens is 1. The van der Waals surface area contributed by atoms with E-state index in [4.69, 9.17) is 15.2 Å². The van der Waals surface area contributed by atoms with Gasteiger partial charge >= 0.3 is 0 Å². The van der Waals surface area contributed by atoms with Crippen molar-refractivity contribution in [2.45, 2.75) is 46.2 Å². The van der Waals surface area contributed by atoms with Gasteiger partial charge in [-0.05, 0) is 48.2 Å². The number of thioether (sulfide) groups is 1. The maximum Gasteiger partial charge on any atom is 0.254 e. The lowest BCUT2D eigenvalue weighted by Crippen LogP contribution is -2.44. The molecule has 1 atom stereocenters.